The molecule has 2 unspecified atom stereocenters. The topological polar surface area (TPSA) is 55.1 Å². The maximum Gasteiger partial charge on any atom is 0.224 e. The summed E-state index contributed by atoms with van der Waals surface area (Å²) < 4.78 is 0. The fourth-order valence-electron chi connectivity index (χ4n) is 2.68. The molecule has 1 amide bonds. The van der Waals surface area contributed by atoms with Crippen LogP contribution in [0.1, 0.15) is 44.4 Å². The smallest absolute Gasteiger partial charge is 0.224 e. The Labute approximate surface area is 119 Å². The lowest BCUT2D eigenvalue weighted by atomic mass is 9.84. The van der Waals surface area contributed by atoms with Crippen LogP contribution in [0.15, 0.2) is 17.5 Å². The highest BCUT2D eigenvalue weighted by Gasteiger charge is 2.30. The molecule has 0 saturated heterocycles. The Balaban J connectivity index is 1.89. The van der Waals surface area contributed by atoms with E-state index in [2.05, 4.69) is 36.7 Å². The highest BCUT2D eigenvalue weighted by Crippen LogP contribution is 2.27. The van der Waals surface area contributed by atoms with Gasteiger partial charge in [-0.05, 0) is 24.3 Å². The minimum Gasteiger partial charge on any atom is -0.355 e. The number of amides is 1. The average Bonchev–Trinajstić information content (AvgIpc) is 2.91. The van der Waals surface area contributed by atoms with E-state index in [0.717, 1.165) is 25.7 Å². The molecule has 4 heteroatoms. The van der Waals surface area contributed by atoms with Crippen molar-refractivity contribution in [2.45, 2.75) is 51.0 Å². The largest absolute Gasteiger partial charge is 0.355 e. The normalized spacial score (nSPS) is 24.2. The van der Waals surface area contributed by atoms with Crippen LogP contribution in [-0.4, -0.2) is 18.5 Å². The first kappa shape index (κ1) is 14.5. The Morgan fingerprint density at radius 3 is 2.84 bits per heavy atom. The SMILES string of the molecule is CC(C)(CNC(=O)C1CCCCC1N)c1cccs1. The van der Waals surface area contributed by atoms with E-state index in [1.165, 1.54) is 4.88 Å². The van der Waals surface area contributed by atoms with E-state index in [1.807, 2.05) is 0 Å². The molecule has 0 bridgehead atoms. The van der Waals surface area contributed by atoms with Gasteiger partial charge < -0.3 is 11.1 Å². The first-order chi connectivity index (χ1) is 9.00. The van der Waals surface area contributed by atoms with Gasteiger partial charge in [-0.25, -0.2) is 0 Å². The predicted molar refractivity (Wildman–Crippen MR) is 80.3 cm³/mol. The van der Waals surface area contributed by atoms with Crippen molar-refractivity contribution in [2.75, 3.05) is 6.54 Å². The fraction of sp³-hybridized carbons (Fsp3) is 0.667. The summed E-state index contributed by atoms with van der Waals surface area (Å²) in [6, 6.07) is 4.22. The molecule has 1 heterocycles. The van der Waals surface area contributed by atoms with Crippen molar-refractivity contribution < 1.29 is 4.79 Å². The van der Waals surface area contributed by atoms with Crippen LogP contribution in [0.5, 0.6) is 0 Å². The molecule has 0 aliphatic heterocycles. The molecular weight excluding hydrogens is 256 g/mol. The number of rotatable bonds is 4. The van der Waals surface area contributed by atoms with E-state index in [4.69, 9.17) is 5.73 Å². The summed E-state index contributed by atoms with van der Waals surface area (Å²) >= 11 is 1.74. The molecule has 1 aliphatic rings. The van der Waals surface area contributed by atoms with Gasteiger partial charge in [0.1, 0.15) is 0 Å². The molecule has 19 heavy (non-hydrogen) atoms. The Hall–Kier alpha value is -0.870. The third kappa shape index (κ3) is 3.57. The second-order valence-electron chi connectivity index (χ2n) is 6.13. The monoisotopic (exact) mass is 280 g/mol. The Kier molecular flexibility index (Phi) is 4.63. The average molecular weight is 280 g/mol. The van der Waals surface area contributed by atoms with Crippen LogP contribution >= 0.6 is 11.3 Å². The number of carbonyl (C=O) groups is 1. The van der Waals surface area contributed by atoms with Gasteiger partial charge >= 0.3 is 0 Å². The molecule has 106 valence electrons. The van der Waals surface area contributed by atoms with Crippen molar-refractivity contribution in [3.8, 4) is 0 Å². The van der Waals surface area contributed by atoms with Gasteiger partial charge in [-0.1, -0.05) is 32.8 Å². The van der Waals surface area contributed by atoms with Crippen molar-refractivity contribution in [2.24, 2.45) is 11.7 Å². The van der Waals surface area contributed by atoms with Crippen LogP contribution in [0.4, 0.5) is 0 Å². The van der Waals surface area contributed by atoms with Crippen LogP contribution in [0.25, 0.3) is 0 Å². The van der Waals surface area contributed by atoms with Crippen molar-refractivity contribution in [1.82, 2.24) is 5.32 Å². The van der Waals surface area contributed by atoms with Gasteiger partial charge in [0.05, 0.1) is 5.92 Å². The summed E-state index contributed by atoms with van der Waals surface area (Å²) in [6.07, 6.45) is 4.20. The molecule has 1 aliphatic carbocycles. The first-order valence-corrected chi connectivity index (χ1v) is 7.96. The Bertz CT molecular complexity index is 414. The highest BCUT2D eigenvalue weighted by molar-refractivity contribution is 7.10. The number of thiophene rings is 1. The molecule has 1 fully saturated rings. The zero-order valence-electron chi connectivity index (χ0n) is 11.8. The molecule has 0 spiro atoms. The highest BCUT2D eigenvalue weighted by atomic mass is 32.1. The van der Waals surface area contributed by atoms with Crippen molar-refractivity contribution >= 4 is 17.2 Å². The maximum atomic E-state index is 12.2. The lowest BCUT2D eigenvalue weighted by molar-refractivity contribution is -0.126. The predicted octanol–water partition coefficient (Wildman–Crippen LogP) is 2.66. The third-order valence-corrected chi connectivity index (χ3v) is 5.28. The van der Waals surface area contributed by atoms with Crippen molar-refractivity contribution in [1.29, 1.82) is 0 Å². The zero-order chi connectivity index (χ0) is 13.9. The van der Waals surface area contributed by atoms with E-state index in [0.29, 0.717) is 6.54 Å². The van der Waals surface area contributed by atoms with E-state index < -0.39 is 0 Å². The third-order valence-electron chi connectivity index (χ3n) is 4.05. The molecule has 2 atom stereocenters. The van der Waals surface area contributed by atoms with Crippen LogP contribution < -0.4 is 11.1 Å². The number of carbonyl (C=O) groups excluding carboxylic acids is 1. The summed E-state index contributed by atoms with van der Waals surface area (Å²) in [5.41, 5.74) is 6.04. The van der Waals surface area contributed by atoms with Gasteiger partial charge in [-0.3, -0.25) is 4.79 Å². The minimum absolute atomic E-state index is 0.00730. The fourth-order valence-corrected chi connectivity index (χ4v) is 3.53. The number of hydrogen-bond donors (Lipinski definition) is 2. The van der Waals surface area contributed by atoms with Crippen molar-refractivity contribution in [3.63, 3.8) is 0 Å². The summed E-state index contributed by atoms with van der Waals surface area (Å²) in [6.45, 7) is 5.01. The first-order valence-electron chi connectivity index (χ1n) is 7.08. The van der Waals surface area contributed by atoms with E-state index in [1.54, 1.807) is 11.3 Å². The van der Waals surface area contributed by atoms with Gasteiger partial charge in [-0.15, -0.1) is 11.3 Å². The van der Waals surface area contributed by atoms with Gasteiger partial charge in [0.25, 0.3) is 0 Å². The molecular formula is C15H24N2OS. The van der Waals surface area contributed by atoms with Gasteiger partial charge in [0.15, 0.2) is 0 Å². The lowest BCUT2D eigenvalue weighted by Crippen LogP contribution is -2.46. The molecule has 2 rings (SSSR count). The van der Waals surface area contributed by atoms with Gasteiger partial charge in [0, 0.05) is 22.9 Å². The molecule has 0 radical (unpaired) electrons. The Morgan fingerprint density at radius 2 is 2.21 bits per heavy atom. The number of nitrogens with one attached hydrogen (secondary N) is 1. The van der Waals surface area contributed by atoms with Gasteiger partial charge in [0.2, 0.25) is 5.91 Å². The van der Waals surface area contributed by atoms with Crippen LogP contribution in [0.3, 0.4) is 0 Å². The molecule has 0 aromatic carbocycles. The molecule has 1 aromatic rings. The summed E-state index contributed by atoms with van der Waals surface area (Å²) in [4.78, 5) is 13.5. The number of nitrogens with two attached hydrogens (primary N) is 1. The Morgan fingerprint density at radius 1 is 1.47 bits per heavy atom. The van der Waals surface area contributed by atoms with E-state index in [9.17, 15) is 4.79 Å². The standard InChI is InChI=1S/C15H24N2OS/c1-15(2,13-8-5-9-19-13)10-17-14(18)11-6-3-4-7-12(11)16/h5,8-9,11-12H,3-4,6-7,10,16H2,1-2H3,(H,17,18). The molecule has 1 aromatic heterocycles. The summed E-state index contributed by atoms with van der Waals surface area (Å²) in [7, 11) is 0. The van der Waals surface area contributed by atoms with E-state index >= 15 is 0 Å². The number of hydrogen-bond acceptors (Lipinski definition) is 3. The lowest BCUT2D eigenvalue weighted by Gasteiger charge is -2.30. The zero-order valence-corrected chi connectivity index (χ0v) is 12.6. The molecule has 3 N–H and O–H groups in total. The van der Waals surface area contributed by atoms with Crippen LogP contribution in [0.2, 0.25) is 0 Å². The second kappa shape index (κ2) is 6.06. The minimum atomic E-state index is -0.0113. The van der Waals surface area contributed by atoms with Gasteiger partial charge in [-0.2, -0.15) is 0 Å². The molecule has 1 saturated carbocycles. The van der Waals surface area contributed by atoms with Crippen LogP contribution in [-0.2, 0) is 10.2 Å². The summed E-state index contributed by atoms with van der Waals surface area (Å²) in [5, 5.41) is 5.18. The van der Waals surface area contributed by atoms with Crippen LogP contribution in [0, 0.1) is 5.92 Å². The second-order valence-corrected chi connectivity index (χ2v) is 7.08. The quantitative estimate of drug-likeness (QED) is 0.891. The van der Waals surface area contributed by atoms with Crippen molar-refractivity contribution in [3.05, 3.63) is 22.4 Å². The summed E-state index contributed by atoms with van der Waals surface area (Å²) in [5.74, 6) is 0.143. The van der Waals surface area contributed by atoms with E-state index in [-0.39, 0.29) is 23.3 Å². The molecule has 3 nitrogen and oxygen atoms in total. The maximum absolute atomic E-state index is 12.2.